The van der Waals surface area contributed by atoms with Crippen LogP contribution in [0.2, 0.25) is 15.3 Å². The van der Waals surface area contributed by atoms with Crippen LogP contribution in [0.15, 0.2) is 22.5 Å². The molecule has 0 saturated carbocycles. The van der Waals surface area contributed by atoms with Gasteiger partial charge in [-0.05, 0) is 40.8 Å². The van der Waals surface area contributed by atoms with Crippen LogP contribution in [-0.4, -0.2) is 13.6 Å². The third-order valence-electron chi connectivity index (χ3n) is 1.86. The Morgan fingerprint density at radius 3 is 2.59 bits per heavy atom. The Labute approximate surface area is 119 Å². The highest BCUT2D eigenvalue weighted by Gasteiger charge is 2.11. The summed E-state index contributed by atoms with van der Waals surface area (Å²) in [6, 6.07) is 5.13. The summed E-state index contributed by atoms with van der Waals surface area (Å²) >= 11 is 18.3. The maximum Gasteiger partial charge on any atom is 0.235 e. The van der Waals surface area contributed by atoms with Gasteiger partial charge in [0.25, 0.3) is 0 Å². The maximum atomic E-state index is 11.9. The minimum Gasteiger partial charge on any atom is -0.251 e. The molecule has 8 heteroatoms. The average Bonchev–Trinajstić information content (AvgIpc) is 2.70. The molecule has 0 unspecified atom stereocenters. The Kier molecular flexibility index (Phi) is 4.38. The van der Waals surface area contributed by atoms with Crippen LogP contribution in [0, 0.1) is 0 Å². The molecule has 0 amide bonds. The third kappa shape index (κ3) is 3.39. The van der Waals surface area contributed by atoms with Gasteiger partial charge in [0.05, 0.1) is 26.6 Å². The van der Waals surface area contributed by atoms with E-state index in [4.69, 9.17) is 34.8 Å². The lowest BCUT2D eigenvalue weighted by molar-refractivity contribution is 0.682. The molecule has 0 radical (unpaired) electrons. The van der Waals surface area contributed by atoms with Crippen LogP contribution in [0.4, 0.5) is 0 Å². The standard InChI is InChI=1S/C9H5Cl3N2OS2/c10-6-2-1-5(3-7(6)11)4-17(15)9-13-8(12)14-16-9/h1-3H,4H2/t17-/m1/s1. The van der Waals surface area contributed by atoms with Crippen molar-refractivity contribution >= 4 is 57.1 Å². The van der Waals surface area contributed by atoms with Crippen LogP contribution in [0.25, 0.3) is 0 Å². The Hall–Kier alpha value is -0.200. The predicted molar refractivity (Wildman–Crippen MR) is 71.5 cm³/mol. The molecule has 1 heterocycles. The summed E-state index contributed by atoms with van der Waals surface area (Å²) in [5, 5.41) is 1.03. The normalized spacial score (nSPS) is 12.6. The average molecular weight is 328 g/mol. The molecule has 1 aromatic carbocycles. The summed E-state index contributed by atoms with van der Waals surface area (Å²) in [4.78, 5) is 3.86. The van der Waals surface area contributed by atoms with E-state index in [9.17, 15) is 4.21 Å². The van der Waals surface area contributed by atoms with Crippen molar-refractivity contribution in [3.05, 3.63) is 39.1 Å². The zero-order valence-electron chi connectivity index (χ0n) is 8.19. The summed E-state index contributed by atoms with van der Waals surface area (Å²) in [5.74, 6) is 0.308. The first-order chi connectivity index (χ1) is 8.06. The fraction of sp³-hybridized carbons (Fsp3) is 0.111. The Morgan fingerprint density at radius 2 is 2.00 bits per heavy atom. The van der Waals surface area contributed by atoms with Crippen LogP contribution in [0.5, 0.6) is 0 Å². The fourth-order valence-electron chi connectivity index (χ4n) is 1.13. The molecule has 0 spiro atoms. The SMILES string of the molecule is O=[S@](Cc1ccc(Cl)c(Cl)c1)c1nc(Cl)ns1. The van der Waals surface area contributed by atoms with Crippen molar-refractivity contribution in [3.63, 3.8) is 0 Å². The molecule has 90 valence electrons. The third-order valence-corrected chi connectivity index (χ3v) is 5.24. The number of aromatic nitrogens is 2. The maximum absolute atomic E-state index is 11.9. The van der Waals surface area contributed by atoms with Gasteiger partial charge in [-0.3, -0.25) is 4.21 Å². The Balaban J connectivity index is 2.15. The summed E-state index contributed by atoms with van der Waals surface area (Å²) in [5.41, 5.74) is 0.823. The van der Waals surface area contributed by atoms with E-state index in [1.165, 1.54) is 0 Å². The number of hydrogen-bond donors (Lipinski definition) is 0. The van der Waals surface area contributed by atoms with E-state index < -0.39 is 10.8 Å². The van der Waals surface area contributed by atoms with Gasteiger partial charge in [0.2, 0.25) is 9.62 Å². The van der Waals surface area contributed by atoms with Gasteiger partial charge < -0.3 is 0 Å². The summed E-state index contributed by atoms with van der Waals surface area (Å²) in [6.45, 7) is 0. The van der Waals surface area contributed by atoms with Gasteiger partial charge in [-0.1, -0.05) is 29.3 Å². The first kappa shape index (κ1) is 13.2. The first-order valence-corrected chi connectivity index (χ1v) is 7.60. The number of hydrogen-bond acceptors (Lipinski definition) is 4. The smallest absolute Gasteiger partial charge is 0.235 e. The Morgan fingerprint density at radius 1 is 1.24 bits per heavy atom. The molecule has 17 heavy (non-hydrogen) atoms. The summed E-state index contributed by atoms with van der Waals surface area (Å²) < 4.78 is 16.1. The van der Waals surface area contributed by atoms with E-state index >= 15 is 0 Å². The largest absolute Gasteiger partial charge is 0.251 e. The van der Waals surface area contributed by atoms with E-state index in [0.29, 0.717) is 20.1 Å². The van der Waals surface area contributed by atoms with Crippen LogP contribution in [-0.2, 0) is 16.6 Å². The second-order valence-electron chi connectivity index (χ2n) is 3.07. The van der Waals surface area contributed by atoms with E-state index in [1.54, 1.807) is 18.2 Å². The summed E-state index contributed by atoms with van der Waals surface area (Å²) in [6.07, 6.45) is 0. The molecule has 0 aliphatic carbocycles. The van der Waals surface area contributed by atoms with Crippen molar-refractivity contribution in [2.45, 2.75) is 10.1 Å². The number of halogens is 3. The first-order valence-electron chi connectivity index (χ1n) is 4.38. The number of rotatable bonds is 3. The monoisotopic (exact) mass is 326 g/mol. The lowest BCUT2D eigenvalue weighted by Crippen LogP contribution is -1.95. The van der Waals surface area contributed by atoms with Crippen molar-refractivity contribution < 1.29 is 4.21 Å². The quantitative estimate of drug-likeness (QED) is 0.861. The highest BCUT2D eigenvalue weighted by Crippen LogP contribution is 2.24. The van der Waals surface area contributed by atoms with E-state index in [0.717, 1.165) is 17.1 Å². The molecule has 0 aliphatic rings. The van der Waals surface area contributed by atoms with Gasteiger partial charge in [0.1, 0.15) is 0 Å². The zero-order chi connectivity index (χ0) is 12.4. The van der Waals surface area contributed by atoms with Gasteiger partial charge in [-0.25, -0.2) is 0 Å². The van der Waals surface area contributed by atoms with Gasteiger partial charge in [0.15, 0.2) is 0 Å². The fourth-order valence-corrected chi connectivity index (χ4v) is 3.47. The Bertz CT molecular complexity index is 573. The second kappa shape index (κ2) is 5.63. The van der Waals surface area contributed by atoms with Crippen molar-refractivity contribution in [1.82, 2.24) is 9.36 Å². The second-order valence-corrected chi connectivity index (χ2v) is 6.60. The van der Waals surface area contributed by atoms with Gasteiger partial charge >= 0.3 is 0 Å². The number of nitrogens with zero attached hydrogens (tertiary/aromatic N) is 2. The van der Waals surface area contributed by atoms with Gasteiger partial charge in [-0.15, -0.1) is 0 Å². The van der Waals surface area contributed by atoms with Gasteiger partial charge in [-0.2, -0.15) is 9.36 Å². The molecule has 2 aromatic rings. The molecule has 1 atom stereocenters. The van der Waals surface area contributed by atoms with Crippen LogP contribution in [0.1, 0.15) is 5.56 Å². The van der Waals surface area contributed by atoms with E-state index in [1.807, 2.05) is 0 Å². The molecule has 3 nitrogen and oxygen atoms in total. The minimum atomic E-state index is -1.27. The van der Waals surface area contributed by atoms with E-state index in [2.05, 4.69) is 9.36 Å². The van der Waals surface area contributed by atoms with Crippen molar-refractivity contribution in [1.29, 1.82) is 0 Å². The minimum absolute atomic E-state index is 0.118. The lowest BCUT2D eigenvalue weighted by atomic mass is 10.2. The molecule has 0 bridgehead atoms. The molecule has 2 rings (SSSR count). The molecule has 0 aliphatic heterocycles. The van der Waals surface area contributed by atoms with Crippen LogP contribution < -0.4 is 0 Å². The lowest BCUT2D eigenvalue weighted by Gasteiger charge is -2.01. The van der Waals surface area contributed by atoms with Crippen molar-refractivity contribution in [2.24, 2.45) is 0 Å². The van der Waals surface area contributed by atoms with Crippen molar-refractivity contribution in [2.75, 3.05) is 0 Å². The highest BCUT2D eigenvalue weighted by molar-refractivity contribution is 7.86. The van der Waals surface area contributed by atoms with Gasteiger partial charge in [0, 0.05) is 0 Å². The van der Waals surface area contributed by atoms with Crippen LogP contribution in [0.3, 0.4) is 0 Å². The molecular weight excluding hydrogens is 323 g/mol. The van der Waals surface area contributed by atoms with Crippen LogP contribution >= 0.6 is 46.3 Å². The molecule has 0 fully saturated rings. The number of benzene rings is 1. The predicted octanol–water partition coefficient (Wildman–Crippen LogP) is 3.81. The highest BCUT2D eigenvalue weighted by atomic mass is 35.5. The zero-order valence-corrected chi connectivity index (χ0v) is 12.1. The van der Waals surface area contributed by atoms with Crippen molar-refractivity contribution in [3.8, 4) is 0 Å². The molecule has 0 N–H and O–H groups in total. The topological polar surface area (TPSA) is 42.9 Å². The molecule has 1 aromatic heterocycles. The molecule has 0 saturated heterocycles. The van der Waals surface area contributed by atoms with E-state index in [-0.39, 0.29) is 5.28 Å². The molecular formula is C9H5Cl3N2OS2. The summed E-state index contributed by atoms with van der Waals surface area (Å²) in [7, 11) is -1.27.